The lowest BCUT2D eigenvalue weighted by Gasteiger charge is -2.06. The van der Waals surface area contributed by atoms with Gasteiger partial charge in [-0.3, -0.25) is 0 Å². The zero-order chi connectivity index (χ0) is 9.47. The monoisotopic (exact) mass is 178 g/mol. The van der Waals surface area contributed by atoms with Gasteiger partial charge in [0.25, 0.3) is 0 Å². The van der Waals surface area contributed by atoms with E-state index < -0.39 is 5.79 Å². The van der Waals surface area contributed by atoms with Crippen LogP contribution >= 0.6 is 0 Å². The fourth-order valence-electron chi connectivity index (χ4n) is 1.05. The third kappa shape index (κ3) is 1.49. The van der Waals surface area contributed by atoms with Crippen molar-refractivity contribution >= 4 is 5.97 Å². The molecule has 0 N–H and O–H groups in total. The normalized spacial score (nSPS) is 25.2. The van der Waals surface area contributed by atoms with Crippen LogP contribution in [0.2, 0.25) is 0 Å². The van der Waals surface area contributed by atoms with Crippen molar-refractivity contribution in [1.82, 2.24) is 0 Å². The number of carbonyl (C=O) groups excluding carboxylic acids is 1. The van der Waals surface area contributed by atoms with Crippen LogP contribution in [0, 0.1) is 6.92 Å². The molecule has 1 aromatic carbocycles. The van der Waals surface area contributed by atoms with Crippen LogP contribution in [0.1, 0.15) is 12.5 Å². The van der Waals surface area contributed by atoms with Crippen LogP contribution in [0.5, 0.6) is 5.75 Å². The first kappa shape index (κ1) is 8.10. The van der Waals surface area contributed by atoms with Crippen LogP contribution in [0.4, 0.5) is 0 Å². The summed E-state index contributed by atoms with van der Waals surface area (Å²) in [5.41, 5.74) is 1.15. The number of rotatable bonds is 2. The summed E-state index contributed by atoms with van der Waals surface area (Å²) in [5.74, 6) is -0.693. The maximum Gasteiger partial charge on any atom is 0.396 e. The van der Waals surface area contributed by atoms with E-state index in [0.717, 1.165) is 5.56 Å². The van der Waals surface area contributed by atoms with Gasteiger partial charge in [-0.05, 0) is 19.1 Å². The highest BCUT2D eigenvalue weighted by molar-refractivity contribution is 5.90. The molecule has 3 heteroatoms. The molecule has 1 aromatic rings. The molecule has 1 atom stereocenters. The average Bonchev–Trinajstić information content (AvgIpc) is 2.65. The molecule has 0 saturated carbocycles. The van der Waals surface area contributed by atoms with Gasteiger partial charge in [-0.2, -0.15) is 0 Å². The van der Waals surface area contributed by atoms with Gasteiger partial charge in [0.1, 0.15) is 5.75 Å². The summed E-state index contributed by atoms with van der Waals surface area (Å²) in [6.45, 7) is 3.60. The van der Waals surface area contributed by atoms with Gasteiger partial charge in [0.05, 0.1) is 0 Å². The summed E-state index contributed by atoms with van der Waals surface area (Å²) in [6.07, 6.45) is 0. The largest absolute Gasteiger partial charge is 0.443 e. The molecule has 13 heavy (non-hydrogen) atoms. The number of ether oxygens (including phenoxy) is 2. The van der Waals surface area contributed by atoms with E-state index in [9.17, 15) is 4.79 Å². The molecule has 0 spiro atoms. The highest BCUT2D eigenvalue weighted by Gasteiger charge is 2.57. The standard InChI is InChI=1S/C10H10O3/c1-7-3-5-8(6-4-7)12-10(2)9(11)13-10/h3-6H,1-2H3. The molecular formula is C10H10O3. The van der Waals surface area contributed by atoms with Crippen molar-refractivity contribution in [2.45, 2.75) is 19.6 Å². The minimum atomic E-state index is -1.03. The summed E-state index contributed by atoms with van der Waals surface area (Å²) in [5, 5.41) is 0. The van der Waals surface area contributed by atoms with Gasteiger partial charge in [-0.1, -0.05) is 17.7 Å². The van der Waals surface area contributed by atoms with Gasteiger partial charge in [0.15, 0.2) is 0 Å². The summed E-state index contributed by atoms with van der Waals surface area (Å²) in [4.78, 5) is 10.7. The number of epoxide rings is 1. The number of cyclic esters (lactones) is 1. The molecule has 0 amide bonds. The van der Waals surface area contributed by atoms with E-state index in [0.29, 0.717) is 5.75 Å². The number of carbonyl (C=O) groups is 1. The highest BCUT2D eigenvalue weighted by atomic mass is 16.8. The third-order valence-corrected chi connectivity index (χ3v) is 1.95. The zero-order valence-corrected chi connectivity index (χ0v) is 7.53. The maximum absolute atomic E-state index is 10.7. The summed E-state index contributed by atoms with van der Waals surface area (Å²) < 4.78 is 9.99. The van der Waals surface area contributed by atoms with Gasteiger partial charge in [0.2, 0.25) is 0 Å². The molecule has 1 saturated heterocycles. The van der Waals surface area contributed by atoms with Crippen molar-refractivity contribution in [1.29, 1.82) is 0 Å². The molecule has 0 radical (unpaired) electrons. The lowest BCUT2D eigenvalue weighted by Crippen LogP contribution is -2.16. The van der Waals surface area contributed by atoms with Gasteiger partial charge in [-0.15, -0.1) is 0 Å². The lowest BCUT2D eigenvalue weighted by atomic mass is 10.2. The van der Waals surface area contributed by atoms with Crippen molar-refractivity contribution in [2.24, 2.45) is 0 Å². The first-order chi connectivity index (χ1) is 6.10. The van der Waals surface area contributed by atoms with Crippen molar-refractivity contribution in [3.05, 3.63) is 29.8 Å². The molecule has 1 aliphatic heterocycles. The van der Waals surface area contributed by atoms with Gasteiger partial charge in [0, 0.05) is 6.92 Å². The smallest absolute Gasteiger partial charge is 0.396 e. The number of hydrogen-bond donors (Lipinski definition) is 0. The van der Waals surface area contributed by atoms with E-state index in [4.69, 9.17) is 4.74 Å². The van der Waals surface area contributed by atoms with E-state index in [2.05, 4.69) is 4.74 Å². The Morgan fingerprint density at radius 2 is 1.85 bits per heavy atom. The fourth-order valence-corrected chi connectivity index (χ4v) is 1.05. The van der Waals surface area contributed by atoms with E-state index in [-0.39, 0.29) is 5.97 Å². The van der Waals surface area contributed by atoms with Crippen molar-refractivity contribution in [3.63, 3.8) is 0 Å². The van der Waals surface area contributed by atoms with Gasteiger partial charge >= 0.3 is 11.8 Å². The summed E-state index contributed by atoms with van der Waals surface area (Å²) in [7, 11) is 0. The molecule has 0 aromatic heterocycles. The van der Waals surface area contributed by atoms with Crippen molar-refractivity contribution < 1.29 is 14.3 Å². The average molecular weight is 178 g/mol. The summed E-state index contributed by atoms with van der Waals surface area (Å²) >= 11 is 0. The van der Waals surface area contributed by atoms with Crippen LogP contribution in [-0.4, -0.2) is 11.8 Å². The Kier molecular flexibility index (Phi) is 1.55. The molecular weight excluding hydrogens is 168 g/mol. The molecule has 0 aliphatic carbocycles. The SMILES string of the molecule is Cc1ccc(OC2(C)OC2=O)cc1. The van der Waals surface area contributed by atoms with Crippen molar-refractivity contribution in [3.8, 4) is 5.75 Å². The Hall–Kier alpha value is -1.51. The minimum absolute atomic E-state index is 0.312. The maximum atomic E-state index is 10.7. The molecule has 68 valence electrons. The first-order valence-corrected chi connectivity index (χ1v) is 4.09. The van der Waals surface area contributed by atoms with Crippen LogP contribution in [-0.2, 0) is 9.53 Å². The predicted octanol–water partition coefficient (Wildman–Crippen LogP) is 1.65. The van der Waals surface area contributed by atoms with E-state index in [1.54, 1.807) is 6.92 Å². The van der Waals surface area contributed by atoms with Crippen LogP contribution in [0.15, 0.2) is 24.3 Å². The Balaban J connectivity index is 2.11. The summed E-state index contributed by atoms with van der Waals surface area (Å²) in [6, 6.07) is 7.47. The van der Waals surface area contributed by atoms with Gasteiger partial charge in [-0.25, -0.2) is 4.79 Å². The highest BCUT2D eigenvalue weighted by Crippen LogP contribution is 2.31. The van der Waals surface area contributed by atoms with E-state index in [1.807, 2.05) is 31.2 Å². The molecule has 1 heterocycles. The Morgan fingerprint density at radius 3 is 2.31 bits per heavy atom. The molecule has 0 bridgehead atoms. The van der Waals surface area contributed by atoms with Crippen LogP contribution in [0.25, 0.3) is 0 Å². The fraction of sp³-hybridized carbons (Fsp3) is 0.300. The predicted molar refractivity (Wildman–Crippen MR) is 46.3 cm³/mol. The number of hydrogen-bond acceptors (Lipinski definition) is 3. The number of benzene rings is 1. The number of aryl methyl sites for hydroxylation is 1. The third-order valence-electron chi connectivity index (χ3n) is 1.95. The van der Waals surface area contributed by atoms with Crippen molar-refractivity contribution in [2.75, 3.05) is 0 Å². The Morgan fingerprint density at radius 1 is 1.31 bits per heavy atom. The molecule has 2 rings (SSSR count). The van der Waals surface area contributed by atoms with Crippen LogP contribution < -0.4 is 4.74 Å². The molecule has 1 fully saturated rings. The second-order valence-corrected chi connectivity index (χ2v) is 3.25. The van der Waals surface area contributed by atoms with Crippen LogP contribution in [0.3, 0.4) is 0 Å². The Labute approximate surface area is 76.3 Å². The lowest BCUT2D eigenvalue weighted by molar-refractivity contribution is -0.117. The zero-order valence-electron chi connectivity index (χ0n) is 7.53. The molecule has 1 aliphatic rings. The molecule has 3 nitrogen and oxygen atoms in total. The van der Waals surface area contributed by atoms with E-state index >= 15 is 0 Å². The quantitative estimate of drug-likeness (QED) is 0.646. The first-order valence-electron chi connectivity index (χ1n) is 4.09. The topological polar surface area (TPSA) is 38.8 Å². The second kappa shape index (κ2) is 2.49. The van der Waals surface area contributed by atoms with E-state index in [1.165, 1.54) is 0 Å². The molecule has 1 unspecified atom stereocenters. The minimum Gasteiger partial charge on any atom is -0.443 e. The Bertz CT molecular complexity index is 342. The van der Waals surface area contributed by atoms with Gasteiger partial charge < -0.3 is 9.47 Å². The second-order valence-electron chi connectivity index (χ2n) is 3.25.